The molecule has 0 saturated carbocycles. The predicted octanol–water partition coefficient (Wildman–Crippen LogP) is 0.857. The number of halogens is 1. The highest BCUT2D eigenvalue weighted by Gasteiger charge is 2.36. The van der Waals surface area contributed by atoms with Crippen molar-refractivity contribution in [2.75, 3.05) is 17.0 Å². The number of amides is 1. The zero-order valence-electron chi connectivity index (χ0n) is 9.05. The van der Waals surface area contributed by atoms with E-state index in [4.69, 9.17) is 4.42 Å². The Morgan fingerprint density at radius 1 is 1.59 bits per heavy atom. The summed E-state index contributed by atoms with van der Waals surface area (Å²) in [5.74, 6) is 1.02. The van der Waals surface area contributed by atoms with Crippen molar-refractivity contribution in [3.63, 3.8) is 0 Å². The van der Waals surface area contributed by atoms with Gasteiger partial charge in [-0.1, -0.05) is 15.9 Å². The number of hydrogen-bond donors (Lipinski definition) is 0. The lowest BCUT2D eigenvalue weighted by Crippen LogP contribution is -2.42. The Kier molecular flexibility index (Phi) is 3.82. The van der Waals surface area contributed by atoms with Crippen LogP contribution in [0.2, 0.25) is 0 Å². The van der Waals surface area contributed by atoms with E-state index in [2.05, 4.69) is 26.1 Å². The van der Waals surface area contributed by atoms with Crippen LogP contribution in [0, 0.1) is 6.92 Å². The van der Waals surface area contributed by atoms with Gasteiger partial charge in [0.15, 0.2) is 0 Å². The number of ketones is 1. The minimum Gasteiger partial charge on any atom is -0.419 e. The van der Waals surface area contributed by atoms with Crippen LogP contribution in [-0.2, 0) is 4.79 Å². The second kappa shape index (κ2) is 5.18. The van der Waals surface area contributed by atoms with Crippen LogP contribution in [0.4, 0.5) is 0 Å². The van der Waals surface area contributed by atoms with E-state index in [9.17, 15) is 9.59 Å². The number of rotatable bonds is 3. The van der Waals surface area contributed by atoms with E-state index in [1.165, 1.54) is 16.7 Å². The van der Waals surface area contributed by atoms with Crippen molar-refractivity contribution in [2.24, 2.45) is 0 Å². The first kappa shape index (κ1) is 12.6. The molecule has 1 aliphatic rings. The molecule has 0 aliphatic carbocycles. The van der Waals surface area contributed by atoms with Crippen molar-refractivity contribution in [3.8, 4) is 0 Å². The minimum atomic E-state index is -0.495. The molecule has 0 bridgehead atoms. The van der Waals surface area contributed by atoms with E-state index in [1.807, 2.05) is 0 Å². The first-order valence-corrected chi connectivity index (χ1v) is 7.18. The number of nitrogens with zero attached hydrogens (tertiary/aromatic N) is 3. The normalized spacial score (nSPS) is 19.6. The summed E-state index contributed by atoms with van der Waals surface area (Å²) in [6.07, 6.45) is 0. The van der Waals surface area contributed by atoms with Crippen molar-refractivity contribution in [3.05, 3.63) is 11.8 Å². The predicted molar refractivity (Wildman–Crippen MR) is 65.1 cm³/mol. The summed E-state index contributed by atoms with van der Waals surface area (Å²) in [4.78, 5) is 25.2. The van der Waals surface area contributed by atoms with Gasteiger partial charge in [0.05, 0.1) is 11.2 Å². The summed E-state index contributed by atoms with van der Waals surface area (Å²) in [5, 5.41) is 7.51. The molecular formula is C9H10BrN3O3S. The van der Waals surface area contributed by atoms with Gasteiger partial charge in [-0.3, -0.25) is 9.59 Å². The lowest BCUT2D eigenvalue weighted by Gasteiger charge is -2.20. The van der Waals surface area contributed by atoms with E-state index in [0.717, 1.165) is 0 Å². The molecule has 92 valence electrons. The third-order valence-corrected chi connectivity index (χ3v) is 3.85. The highest BCUT2D eigenvalue weighted by Crippen LogP contribution is 2.24. The molecule has 1 aliphatic heterocycles. The van der Waals surface area contributed by atoms with Crippen LogP contribution in [0.3, 0.4) is 0 Å². The molecule has 0 aromatic carbocycles. The molecule has 0 unspecified atom stereocenters. The van der Waals surface area contributed by atoms with Crippen LogP contribution in [0.15, 0.2) is 4.42 Å². The number of carbonyl (C=O) groups is 2. The Morgan fingerprint density at radius 3 is 2.94 bits per heavy atom. The van der Waals surface area contributed by atoms with Gasteiger partial charge in [-0.15, -0.1) is 22.0 Å². The fraction of sp³-hybridized carbons (Fsp3) is 0.556. The SMILES string of the molecule is Cc1nnc(C(=O)[C@@H]2CSCN2C(=O)CBr)o1. The number of aromatic nitrogens is 2. The molecule has 0 spiro atoms. The van der Waals surface area contributed by atoms with Gasteiger partial charge in [0.25, 0.3) is 5.89 Å². The largest absolute Gasteiger partial charge is 0.419 e. The molecular weight excluding hydrogens is 310 g/mol. The Hall–Kier alpha value is -0.890. The molecule has 0 radical (unpaired) electrons. The summed E-state index contributed by atoms with van der Waals surface area (Å²) in [5.41, 5.74) is 0. The molecule has 1 aromatic rings. The summed E-state index contributed by atoms with van der Waals surface area (Å²) < 4.78 is 5.09. The Morgan fingerprint density at radius 2 is 2.35 bits per heavy atom. The van der Waals surface area contributed by atoms with Crippen LogP contribution in [0.1, 0.15) is 16.6 Å². The van der Waals surface area contributed by atoms with E-state index in [0.29, 0.717) is 17.5 Å². The van der Waals surface area contributed by atoms with Gasteiger partial charge in [-0.25, -0.2) is 0 Å². The third kappa shape index (κ3) is 2.52. The molecule has 2 heterocycles. The number of hydrogen-bond acceptors (Lipinski definition) is 6. The monoisotopic (exact) mass is 319 g/mol. The molecule has 1 fully saturated rings. The molecule has 1 aromatic heterocycles. The van der Waals surface area contributed by atoms with Crippen molar-refractivity contribution >= 4 is 39.4 Å². The van der Waals surface area contributed by atoms with Gasteiger partial charge in [0.2, 0.25) is 17.6 Å². The van der Waals surface area contributed by atoms with Crippen molar-refractivity contribution < 1.29 is 14.0 Å². The summed E-state index contributed by atoms with van der Waals surface area (Å²) in [6.45, 7) is 1.62. The van der Waals surface area contributed by atoms with Crippen LogP contribution in [0.25, 0.3) is 0 Å². The quantitative estimate of drug-likeness (QED) is 0.607. The average molecular weight is 320 g/mol. The van der Waals surface area contributed by atoms with Crippen LogP contribution < -0.4 is 0 Å². The number of alkyl halides is 1. The van der Waals surface area contributed by atoms with Crippen molar-refractivity contribution in [2.45, 2.75) is 13.0 Å². The molecule has 0 N–H and O–H groups in total. The number of carbonyl (C=O) groups excluding carboxylic acids is 2. The van der Waals surface area contributed by atoms with Gasteiger partial charge in [-0.05, 0) is 0 Å². The minimum absolute atomic E-state index is 0.0256. The molecule has 1 amide bonds. The molecule has 1 atom stereocenters. The lowest BCUT2D eigenvalue weighted by molar-refractivity contribution is -0.128. The maximum Gasteiger partial charge on any atom is 0.286 e. The number of thioether (sulfide) groups is 1. The van der Waals surface area contributed by atoms with E-state index < -0.39 is 6.04 Å². The molecule has 1 saturated heterocycles. The summed E-state index contributed by atoms with van der Waals surface area (Å²) >= 11 is 4.64. The fourth-order valence-corrected chi connectivity index (χ4v) is 3.02. The van der Waals surface area contributed by atoms with Gasteiger partial charge < -0.3 is 9.32 Å². The van der Waals surface area contributed by atoms with Gasteiger partial charge in [0, 0.05) is 12.7 Å². The lowest BCUT2D eigenvalue weighted by atomic mass is 10.2. The zero-order chi connectivity index (χ0) is 12.4. The molecule has 17 heavy (non-hydrogen) atoms. The second-order valence-corrected chi connectivity index (χ2v) is 5.06. The zero-order valence-corrected chi connectivity index (χ0v) is 11.5. The number of Topliss-reactive ketones (excluding diaryl/α,β-unsaturated/α-hetero) is 1. The van der Waals surface area contributed by atoms with E-state index in [-0.39, 0.29) is 22.9 Å². The van der Waals surface area contributed by atoms with Gasteiger partial charge in [-0.2, -0.15) is 0 Å². The first-order valence-electron chi connectivity index (χ1n) is 4.91. The van der Waals surface area contributed by atoms with E-state index >= 15 is 0 Å². The van der Waals surface area contributed by atoms with Crippen LogP contribution in [-0.4, -0.2) is 49.8 Å². The maximum absolute atomic E-state index is 12.1. The van der Waals surface area contributed by atoms with Gasteiger partial charge in [0.1, 0.15) is 6.04 Å². The molecule has 6 nitrogen and oxygen atoms in total. The van der Waals surface area contributed by atoms with E-state index in [1.54, 1.807) is 6.92 Å². The summed E-state index contributed by atoms with van der Waals surface area (Å²) in [6, 6.07) is -0.495. The van der Waals surface area contributed by atoms with Crippen LogP contribution in [0.5, 0.6) is 0 Å². The topological polar surface area (TPSA) is 76.3 Å². The van der Waals surface area contributed by atoms with Crippen molar-refractivity contribution in [1.29, 1.82) is 0 Å². The van der Waals surface area contributed by atoms with Crippen molar-refractivity contribution in [1.82, 2.24) is 15.1 Å². The molecule has 2 rings (SSSR count). The Balaban J connectivity index is 2.16. The standard InChI is InChI=1S/C9H10BrN3O3S/c1-5-11-12-9(16-5)8(15)6-3-17-4-13(6)7(14)2-10/h6H,2-4H2,1H3/t6-/m0/s1. The summed E-state index contributed by atoms with van der Waals surface area (Å²) in [7, 11) is 0. The second-order valence-electron chi connectivity index (χ2n) is 3.50. The fourth-order valence-electron chi connectivity index (χ4n) is 1.52. The highest BCUT2D eigenvalue weighted by molar-refractivity contribution is 9.09. The smallest absolute Gasteiger partial charge is 0.286 e. The maximum atomic E-state index is 12.1. The third-order valence-electron chi connectivity index (χ3n) is 2.36. The molecule has 8 heteroatoms. The Labute approximate surface area is 110 Å². The number of aryl methyl sites for hydroxylation is 1. The average Bonchev–Trinajstić information content (AvgIpc) is 2.95. The first-order chi connectivity index (χ1) is 8.13. The van der Waals surface area contributed by atoms with Gasteiger partial charge >= 0.3 is 0 Å². The highest BCUT2D eigenvalue weighted by atomic mass is 79.9. The van der Waals surface area contributed by atoms with Crippen LogP contribution >= 0.6 is 27.7 Å². The Bertz CT molecular complexity index is 450.